The number of pyridine rings is 1. The van der Waals surface area contributed by atoms with Gasteiger partial charge in [0.05, 0.1) is 12.2 Å². The second-order valence-electron chi connectivity index (χ2n) is 7.21. The van der Waals surface area contributed by atoms with Crippen LogP contribution in [0.25, 0.3) is 10.4 Å². The topological polar surface area (TPSA) is 71.7 Å². The van der Waals surface area contributed by atoms with Gasteiger partial charge >= 0.3 is 6.09 Å². The van der Waals surface area contributed by atoms with Crippen molar-refractivity contribution in [3.8, 4) is 10.4 Å². The Labute approximate surface area is 150 Å². The van der Waals surface area contributed by atoms with Crippen molar-refractivity contribution in [3.05, 3.63) is 30.6 Å². The van der Waals surface area contributed by atoms with Gasteiger partial charge in [0.1, 0.15) is 10.6 Å². The zero-order chi connectivity index (χ0) is 17.0. The number of thiophene rings is 1. The van der Waals surface area contributed by atoms with E-state index < -0.39 is 0 Å². The number of hydrogen-bond acceptors (Lipinski definition) is 6. The quantitative estimate of drug-likeness (QED) is 0.896. The van der Waals surface area contributed by atoms with Crippen molar-refractivity contribution in [1.82, 2.24) is 9.88 Å². The van der Waals surface area contributed by atoms with E-state index in [2.05, 4.69) is 9.88 Å². The first-order chi connectivity index (χ1) is 12.1. The van der Waals surface area contributed by atoms with Crippen LogP contribution in [0.15, 0.2) is 30.6 Å². The van der Waals surface area contributed by atoms with Crippen LogP contribution in [-0.2, 0) is 4.74 Å². The highest BCUT2D eigenvalue weighted by molar-refractivity contribution is 7.19. The summed E-state index contributed by atoms with van der Waals surface area (Å²) in [5, 5.41) is 0.927. The molecule has 4 fully saturated rings. The van der Waals surface area contributed by atoms with Crippen LogP contribution in [0.4, 0.5) is 15.5 Å². The van der Waals surface area contributed by atoms with E-state index in [0.717, 1.165) is 47.9 Å². The van der Waals surface area contributed by atoms with Gasteiger partial charge in [0.2, 0.25) is 0 Å². The molecule has 1 unspecified atom stereocenters. The van der Waals surface area contributed by atoms with Gasteiger partial charge in [-0.05, 0) is 44.1 Å². The molecule has 4 aliphatic heterocycles. The SMILES string of the molecule is Nc1cncc(-c2ccc(N3CC4(CN5CCC4CC5)OC3=O)s2)c1. The second-order valence-corrected chi connectivity index (χ2v) is 8.28. The van der Waals surface area contributed by atoms with E-state index in [1.54, 1.807) is 28.6 Å². The number of aromatic nitrogens is 1. The van der Waals surface area contributed by atoms with Gasteiger partial charge in [0, 0.05) is 35.3 Å². The van der Waals surface area contributed by atoms with Crippen molar-refractivity contribution in [2.75, 3.05) is 36.8 Å². The van der Waals surface area contributed by atoms with E-state index >= 15 is 0 Å². The third kappa shape index (κ3) is 2.41. The lowest BCUT2D eigenvalue weighted by Gasteiger charge is -2.49. The Morgan fingerprint density at radius 2 is 2.08 bits per heavy atom. The standard InChI is InChI=1S/C18H20N4O2S/c19-14-7-12(8-20-9-14)15-1-2-16(25-15)22-11-18(24-17(22)23)10-21-5-3-13(18)4-6-21/h1-2,7-9,13H,3-6,10-11,19H2. The summed E-state index contributed by atoms with van der Waals surface area (Å²) in [4.78, 5) is 22.0. The number of hydrogen-bond donors (Lipinski definition) is 1. The Bertz CT molecular complexity index is 830. The maximum Gasteiger partial charge on any atom is 0.415 e. The van der Waals surface area contributed by atoms with Gasteiger partial charge in [-0.15, -0.1) is 11.3 Å². The maximum atomic E-state index is 12.6. The molecule has 6 rings (SSSR count). The largest absolute Gasteiger partial charge is 0.439 e. The Kier molecular flexibility index (Phi) is 3.30. The minimum absolute atomic E-state index is 0.215. The molecular weight excluding hydrogens is 336 g/mol. The zero-order valence-electron chi connectivity index (χ0n) is 13.9. The van der Waals surface area contributed by atoms with Crippen LogP contribution >= 0.6 is 11.3 Å². The lowest BCUT2D eigenvalue weighted by atomic mass is 9.75. The first kappa shape index (κ1) is 15.2. The molecule has 2 aromatic rings. The number of anilines is 2. The Morgan fingerprint density at radius 3 is 2.80 bits per heavy atom. The fourth-order valence-corrected chi connectivity index (χ4v) is 5.38. The van der Waals surface area contributed by atoms with E-state index in [0.29, 0.717) is 18.2 Å². The molecule has 0 saturated carbocycles. The van der Waals surface area contributed by atoms with Gasteiger partial charge in [-0.25, -0.2) is 4.79 Å². The van der Waals surface area contributed by atoms with Crippen molar-refractivity contribution >= 4 is 28.1 Å². The van der Waals surface area contributed by atoms with Crippen molar-refractivity contribution < 1.29 is 9.53 Å². The van der Waals surface area contributed by atoms with Crippen molar-refractivity contribution in [3.63, 3.8) is 0 Å². The molecule has 1 amide bonds. The van der Waals surface area contributed by atoms with Crippen molar-refractivity contribution in [1.29, 1.82) is 0 Å². The van der Waals surface area contributed by atoms with Gasteiger partial charge in [-0.3, -0.25) is 14.8 Å². The molecule has 1 atom stereocenters. The summed E-state index contributed by atoms with van der Waals surface area (Å²) in [5.41, 5.74) is 7.12. The number of carbonyl (C=O) groups is 1. The van der Waals surface area contributed by atoms with E-state index in [1.807, 2.05) is 18.2 Å². The van der Waals surface area contributed by atoms with Gasteiger partial charge in [0.15, 0.2) is 0 Å². The monoisotopic (exact) mass is 356 g/mol. The molecular formula is C18H20N4O2S. The third-order valence-corrected chi connectivity index (χ3v) is 6.82. The fourth-order valence-electron chi connectivity index (χ4n) is 4.40. The number of amides is 1. The van der Waals surface area contributed by atoms with Gasteiger partial charge in [-0.1, -0.05) is 0 Å². The maximum absolute atomic E-state index is 12.6. The summed E-state index contributed by atoms with van der Waals surface area (Å²) in [7, 11) is 0. The summed E-state index contributed by atoms with van der Waals surface area (Å²) >= 11 is 1.58. The molecule has 0 radical (unpaired) electrons. The summed E-state index contributed by atoms with van der Waals surface area (Å²) in [5.74, 6) is 0.490. The number of nitrogen functional groups attached to an aromatic ring is 1. The summed E-state index contributed by atoms with van der Waals surface area (Å²) in [6, 6.07) is 5.91. The van der Waals surface area contributed by atoms with Crippen LogP contribution in [0.2, 0.25) is 0 Å². The number of carbonyl (C=O) groups excluding carboxylic acids is 1. The Hall–Kier alpha value is -2.12. The van der Waals surface area contributed by atoms with Crippen molar-refractivity contribution in [2.45, 2.75) is 18.4 Å². The highest BCUT2D eigenvalue weighted by atomic mass is 32.1. The highest BCUT2D eigenvalue weighted by Gasteiger charge is 2.55. The fraction of sp³-hybridized carbons (Fsp3) is 0.444. The van der Waals surface area contributed by atoms with E-state index in [9.17, 15) is 4.79 Å². The van der Waals surface area contributed by atoms with E-state index in [-0.39, 0.29) is 11.7 Å². The van der Waals surface area contributed by atoms with Crippen LogP contribution in [0.5, 0.6) is 0 Å². The minimum atomic E-state index is -0.323. The molecule has 6 nitrogen and oxygen atoms in total. The molecule has 2 bridgehead atoms. The smallest absolute Gasteiger partial charge is 0.415 e. The Balaban J connectivity index is 1.42. The van der Waals surface area contributed by atoms with Crippen LogP contribution in [0.1, 0.15) is 12.8 Å². The number of ether oxygens (including phenoxy) is 1. The number of piperidine rings is 3. The molecule has 2 aromatic heterocycles. The molecule has 2 N–H and O–H groups in total. The van der Waals surface area contributed by atoms with Crippen LogP contribution < -0.4 is 10.6 Å². The molecule has 0 aliphatic carbocycles. The van der Waals surface area contributed by atoms with Gasteiger partial charge in [-0.2, -0.15) is 0 Å². The number of nitrogens with two attached hydrogens (primary N) is 1. The number of fused-ring (bicyclic) bond motifs is 2. The highest BCUT2D eigenvalue weighted by Crippen LogP contribution is 2.45. The van der Waals surface area contributed by atoms with Gasteiger partial charge in [0.25, 0.3) is 0 Å². The molecule has 25 heavy (non-hydrogen) atoms. The molecule has 1 spiro atoms. The molecule has 7 heteroatoms. The third-order valence-electron chi connectivity index (χ3n) is 5.66. The first-order valence-corrected chi connectivity index (χ1v) is 9.48. The molecule has 4 saturated heterocycles. The Morgan fingerprint density at radius 1 is 1.24 bits per heavy atom. The molecule has 0 aromatic carbocycles. The average molecular weight is 356 g/mol. The minimum Gasteiger partial charge on any atom is -0.439 e. The molecule has 4 aliphatic rings. The summed E-state index contributed by atoms with van der Waals surface area (Å²) in [6.07, 6.45) is 5.47. The van der Waals surface area contributed by atoms with Crippen LogP contribution in [-0.4, -0.2) is 47.8 Å². The molecule has 130 valence electrons. The average Bonchev–Trinajstić information content (AvgIpc) is 3.21. The van der Waals surface area contributed by atoms with E-state index in [4.69, 9.17) is 10.5 Å². The zero-order valence-corrected chi connectivity index (χ0v) is 14.7. The molecule has 6 heterocycles. The summed E-state index contributed by atoms with van der Waals surface area (Å²) in [6.45, 7) is 3.80. The number of rotatable bonds is 2. The van der Waals surface area contributed by atoms with Crippen LogP contribution in [0.3, 0.4) is 0 Å². The lowest BCUT2D eigenvalue weighted by Crippen LogP contribution is -2.61. The number of nitrogens with zero attached hydrogens (tertiary/aromatic N) is 3. The van der Waals surface area contributed by atoms with Crippen molar-refractivity contribution in [2.24, 2.45) is 5.92 Å². The summed E-state index contributed by atoms with van der Waals surface area (Å²) < 4.78 is 5.94. The predicted molar refractivity (Wildman–Crippen MR) is 97.7 cm³/mol. The predicted octanol–water partition coefficient (Wildman–Crippen LogP) is 2.81. The first-order valence-electron chi connectivity index (χ1n) is 8.67. The van der Waals surface area contributed by atoms with E-state index in [1.165, 1.54) is 0 Å². The lowest BCUT2D eigenvalue weighted by molar-refractivity contribution is -0.0881. The normalized spacial score (nSPS) is 30.9. The van der Waals surface area contributed by atoms with Crippen LogP contribution in [0, 0.1) is 5.92 Å². The second kappa shape index (κ2) is 5.44. The van der Waals surface area contributed by atoms with Gasteiger partial charge < -0.3 is 10.5 Å².